The molecule has 1 atom stereocenters. The van der Waals surface area contributed by atoms with Crippen molar-refractivity contribution < 1.29 is 14.2 Å². The quantitative estimate of drug-likeness (QED) is 0.821. The maximum Gasteiger partial charge on any atom is 0.161 e. The van der Waals surface area contributed by atoms with Crippen LogP contribution in [-0.2, 0) is 11.2 Å². The molecule has 2 N–H and O–H groups in total. The van der Waals surface area contributed by atoms with Gasteiger partial charge in [0, 0.05) is 13.1 Å². The van der Waals surface area contributed by atoms with Crippen LogP contribution >= 0.6 is 0 Å². The topological polar surface area (TPSA) is 57.0 Å². The van der Waals surface area contributed by atoms with Crippen molar-refractivity contribution in [3.05, 3.63) is 23.8 Å². The second-order valence-corrected chi connectivity index (χ2v) is 5.22. The monoisotopic (exact) mass is 294 g/mol. The summed E-state index contributed by atoms with van der Waals surface area (Å²) >= 11 is 0. The van der Waals surface area contributed by atoms with E-state index < -0.39 is 0 Å². The molecule has 1 aliphatic heterocycles. The van der Waals surface area contributed by atoms with Gasteiger partial charge in [0.15, 0.2) is 11.5 Å². The fourth-order valence-corrected chi connectivity index (χ4v) is 2.50. The van der Waals surface area contributed by atoms with Crippen LogP contribution in [0.15, 0.2) is 18.2 Å². The highest BCUT2D eigenvalue weighted by Gasteiger charge is 2.20. The van der Waals surface area contributed by atoms with Gasteiger partial charge in [-0.15, -0.1) is 0 Å². The zero-order valence-electron chi connectivity index (χ0n) is 13.0. The zero-order valence-corrected chi connectivity index (χ0v) is 13.0. The number of benzene rings is 1. The van der Waals surface area contributed by atoms with Gasteiger partial charge in [0.2, 0.25) is 0 Å². The Morgan fingerprint density at radius 1 is 1.38 bits per heavy atom. The Hall–Kier alpha value is -1.30. The van der Waals surface area contributed by atoms with Crippen LogP contribution in [-0.4, -0.2) is 57.5 Å². The second kappa shape index (κ2) is 8.22. The molecule has 1 aromatic carbocycles. The van der Waals surface area contributed by atoms with Crippen LogP contribution in [0.4, 0.5) is 0 Å². The van der Waals surface area contributed by atoms with Crippen molar-refractivity contribution in [2.24, 2.45) is 5.73 Å². The summed E-state index contributed by atoms with van der Waals surface area (Å²) in [5.41, 5.74) is 6.74. The lowest BCUT2D eigenvalue weighted by molar-refractivity contribution is -0.0466. The van der Waals surface area contributed by atoms with Crippen molar-refractivity contribution >= 4 is 0 Å². The van der Waals surface area contributed by atoms with Crippen molar-refractivity contribution in [1.82, 2.24) is 4.90 Å². The van der Waals surface area contributed by atoms with E-state index in [-0.39, 0.29) is 6.10 Å². The van der Waals surface area contributed by atoms with Gasteiger partial charge in [0.25, 0.3) is 0 Å². The summed E-state index contributed by atoms with van der Waals surface area (Å²) in [6.07, 6.45) is 0.959. The van der Waals surface area contributed by atoms with E-state index in [2.05, 4.69) is 11.8 Å². The summed E-state index contributed by atoms with van der Waals surface area (Å²) in [5.74, 6) is 1.51. The number of nitrogens with two attached hydrogens (primary N) is 1. The number of methoxy groups -OCH3 is 1. The molecule has 0 saturated carbocycles. The van der Waals surface area contributed by atoms with Gasteiger partial charge in [-0.3, -0.25) is 4.90 Å². The number of likely N-dealkylation sites (N-methyl/N-ethyl adjacent to an activating group) is 1. The van der Waals surface area contributed by atoms with Crippen LogP contribution in [0.25, 0.3) is 0 Å². The van der Waals surface area contributed by atoms with Gasteiger partial charge < -0.3 is 19.9 Å². The summed E-state index contributed by atoms with van der Waals surface area (Å²) in [4.78, 5) is 2.37. The summed E-state index contributed by atoms with van der Waals surface area (Å²) in [7, 11) is 1.66. The van der Waals surface area contributed by atoms with Crippen LogP contribution in [0.2, 0.25) is 0 Å². The SMILES string of the molecule is CCN1CCOC(COc2ccc(CCN)cc2OC)C1. The number of hydrogen-bond donors (Lipinski definition) is 1. The fourth-order valence-electron chi connectivity index (χ4n) is 2.50. The molecule has 1 aliphatic rings. The molecule has 0 bridgehead atoms. The van der Waals surface area contributed by atoms with E-state index in [1.54, 1.807) is 7.11 Å². The molecule has 1 fully saturated rings. The van der Waals surface area contributed by atoms with E-state index >= 15 is 0 Å². The molecule has 2 rings (SSSR count). The van der Waals surface area contributed by atoms with Gasteiger partial charge in [-0.25, -0.2) is 0 Å². The maximum atomic E-state index is 5.89. The average Bonchev–Trinajstić information content (AvgIpc) is 2.54. The Bertz CT molecular complexity index is 440. The molecule has 0 radical (unpaired) electrons. The minimum absolute atomic E-state index is 0.118. The predicted molar refractivity (Wildman–Crippen MR) is 83.1 cm³/mol. The predicted octanol–water partition coefficient (Wildman–Crippen LogP) is 1.30. The smallest absolute Gasteiger partial charge is 0.161 e. The largest absolute Gasteiger partial charge is 0.493 e. The van der Waals surface area contributed by atoms with Gasteiger partial charge in [0.05, 0.1) is 13.7 Å². The lowest BCUT2D eigenvalue weighted by Gasteiger charge is -2.31. The van der Waals surface area contributed by atoms with Crippen LogP contribution < -0.4 is 15.2 Å². The minimum atomic E-state index is 0.118. The lowest BCUT2D eigenvalue weighted by atomic mass is 10.1. The van der Waals surface area contributed by atoms with Gasteiger partial charge in [-0.2, -0.15) is 0 Å². The maximum absolute atomic E-state index is 5.89. The molecule has 5 heteroatoms. The van der Waals surface area contributed by atoms with Crippen molar-refractivity contribution in [1.29, 1.82) is 0 Å². The Kier molecular flexibility index (Phi) is 6.29. The fraction of sp³-hybridized carbons (Fsp3) is 0.625. The Morgan fingerprint density at radius 2 is 2.24 bits per heavy atom. The zero-order chi connectivity index (χ0) is 15.1. The van der Waals surface area contributed by atoms with Crippen LogP contribution in [0.5, 0.6) is 11.5 Å². The average molecular weight is 294 g/mol. The summed E-state index contributed by atoms with van der Waals surface area (Å²) in [6, 6.07) is 5.97. The van der Waals surface area contributed by atoms with Crippen LogP contribution in [0, 0.1) is 0 Å². The Balaban J connectivity index is 1.93. The molecule has 1 aromatic rings. The summed E-state index contributed by atoms with van der Waals surface area (Å²) < 4.78 is 17.0. The molecule has 0 spiro atoms. The molecular formula is C16H26N2O3. The van der Waals surface area contributed by atoms with Gasteiger partial charge in [0.1, 0.15) is 12.7 Å². The van der Waals surface area contributed by atoms with Gasteiger partial charge in [-0.1, -0.05) is 13.0 Å². The Labute approximate surface area is 127 Å². The van der Waals surface area contributed by atoms with E-state index in [1.165, 1.54) is 0 Å². The van der Waals surface area contributed by atoms with Crippen molar-refractivity contribution in [3.8, 4) is 11.5 Å². The first-order chi connectivity index (χ1) is 10.3. The molecule has 5 nitrogen and oxygen atoms in total. The van der Waals surface area contributed by atoms with E-state index in [0.29, 0.717) is 13.2 Å². The van der Waals surface area contributed by atoms with E-state index in [1.807, 2.05) is 18.2 Å². The molecule has 1 unspecified atom stereocenters. The second-order valence-electron chi connectivity index (χ2n) is 5.22. The van der Waals surface area contributed by atoms with E-state index in [4.69, 9.17) is 19.9 Å². The molecule has 1 saturated heterocycles. The lowest BCUT2D eigenvalue weighted by Crippen LogP contribution is -2.44. The van der Waals surface area contributed by atoms with Crippen molar-refractivity contribution in [2.45, 2.75) is 19.4 Å². The number of rotatable bonds is 7. The highest BCUT2D eigenvalue weighted by molar-refractivity contribution is 5.43. The third kappa shape index (κ3) is 4.59. The highest BCUT2D eigenvalue weighted by atomic mass is 16.5. The normalized spacial score (nSPS) is 19.5. The summed E-state index contributed by atoms with van der Waals surface area (Å²) in [5, 5.41) is 0. The van der Waals surface area contributed by atoms with E-state index in [0.717, 1.165) is 49.7 Å². The van der Waals surface area contributed by atoms with Crippen LogP contribution in [0.1, 0.15) is 12.5 Å². The molecule has 1 heterocycles. The number of nitrogens with zero attached hydrogens (tertiary/aromatic N) is 1. The van der Waals surface area contributed by atoms with Gasteiger partial charge in [-0.05, 0) is 37.2 Å². The number of morpholine rings is 1. The number of ether oxygens (including phenoxy) is 3. The molecule has 0 amide bonds. The minimum Gasteiger partial charge on any atom is -0.493 e. The first-order valence-electron chi connectivity index (χ1n) is 7.60. The van der Waals surface area contributed by atoms with Crippen molar-refractivity contribution in [3.63, 3.8) is 0 Å². The molecule has 0 aliphatic carbocycles. The van der Waals surface area contributed by atoms with Crippen molar-refractivity contribution in [2.75, 3.05) is 46.5 Å². The molecule has 0 aromatic heterocycles. The highest BCUT2D eigenvalue weighted by Crippen LogP contribution is 2.28. The van der Waals surface area contributed by atoms with Crippen LogP contribution in [0.3, 0.4) is 0 Å². The standard InChI is InChI=1S/C16H26N2O3/c1-3-18-8-9-20-14(11-18)12-21-15-5-4-13(6-7-17)10-16(15)19-2/h4-5,10,14H,3,6-9,11-12,17H2,1-2H3. The Morgan fingerprint density at radius 3 is 2.95 bits per heavy atom. The molecule has 21 heavy (non-hydrogen) atoms. The van der Waals surface area contributed by atoms with Gasteiger partial charge >= 0.3 is 0 Å². The first-order valence-corrected chi connectivity index (χ1v) is 7.60. The third-order valence-corrected chi connectivity index (χ3v) is 3.76. The third-order valence-electron chi connectivity index (χ3n) is 3.76. The first kappa shape index (κ1) is 16.1. The summed E-state index contributed by atoms with van der Waals surface area (Å²) in [6.45, 7) is 7.09. The molecule has 118 valence electrons. The number of hydrogen-bond acceptors (Lipinski definition) is 5. The van der Waals surface area contributed by atoms with E-state index in [9.17, 15) is 0 Å². The molecular weight excluding hydrogens is 268 g/mol.